The SMILES string of the molecule is CC(C)(C#N)Sc1cccc(Br)c1. The van der Waals surface area contributed by atoms with Gasteiger partial charge in [-0.3, -0.25) is 0 Å². The lowest BCUT2D eigenvalue weighted by molar-refractivity contribution is 0.913. The first-order valence-electron chi connectivity index (χ1n) is 3.89. The Hall–Kier alpha value is -0.460. The van der Waals surface area contributed by atoms with Crippen molar-refractivity contribution in [1.82, 2.24) is 0 Å². The van der Waals surface area contributed by atoms with Crippen LogP contribution in [0.2, 0.25) is 0 Å². The predicted molar refractivity (Wildman–Crippen MR) is 59.7 cm³/mol. The van der Waals surface area contributed by atoms with Crippen molar-refractivity contribution in [2.24, 2.45) is 0 Å². The number of nitrogens with zero attached hydrogens (tertiary/aromatic N) is 1. The van der Waals surface area contributed by atoms with Crippen LogP contribution < -0.4 is 0 Å². The smallest absolute Gasteiger partial charge is 0.101 e. The molecular formula is C10H10BrNS. The van der Waals surface area contributed by atoms with Crippen LogP contribution in [0, 0.1) is 11.3 Å². The standard InChI is InChI=1S/C10H10BrNS/c1-10(2,7-12)13-9-5-3-4-8(11)6-9/h3-6H,1-2H3. The Morgan fingerprint density at radius 1 is 1.46 bits per heavy atom. The van der Waals surface area contributed by atoms with Gasteiger partial charge in [0.25, 0.3) is 0 Å². The monoisotopic (exact) mass is 255 g/mol. The lowest BCUT2D eigenvalue weighted by Gasteiger charge is -2.14. The van der Waals surface area contributed by atoms with E-state index in [1.165, 1.54) is 0 Å². The topological polar surface area (TPSA) is 23.8 Å². The molecule has 1 aromatic carbocycles. The lowest BCUT2D eigenvalue weighted by Crippen LogP contribution is -2.09. The maximum absolute atomic E-state index is 8.84. The van der Waals surface area contributed by atoms with Crippen LogP contribution in [0.4, 0.5) is 0 Å². The minimum absolute atomic E-state index is 0.360. The lowest BCUT2D eigenvalue weighted by atomic mass is 10.2. The van der Waals surface area contributed by atoms with E-state index in [1.54, 1.807) is 11.8 Å². The molecule has 0 aromatic heterocycles. The van der Waals surface area contributed by atoms with Crippen molar-refractivity contribution in [3.05, 3.63) is 28.7 Å². The zero-order chi connectivity index (χ0) is 9.90. The van der Waals surface area contributed by atoms with Crippen LogP contribution in [-0.2, 0) is 0 Å². The summed E-state index contributed by atoms with van der Waals surface area (Å²) >= 11 is 4.96. The third kappa shape index (κ3) is 3.41. The van der Waals surface area contributed by atoms with Gasteiger partial charge < -0.3 is 0 Å². The van der Waals surface area contributed by atoms with E-state index in [1.807, 2.05) is 38.1 Å². The Morgan fingerprint density at radius 3 is 2.69 bits per heavy atom. The summed E-state index contributed by atoms with van der Waals surface area (Å²) in [4.78, 5) is 1.11. The van der Waals surface area contributed by atoms with Crippen molar-refractivity contribution in [2.75, 3.05) is 0 Å². The normalized spacial score (nSPS) is 10.9. The molecule has 0 fully saturated rings. The maximum atomic E-state index is 8.84. The van der Waals surface area contributed by atoms with Gasteiger partial charge in [0.15, 0.2) is 0 Å². The molecule has 1 nitrogen and oxygen atoms in total. The highest BCUT2D eigenvalue weighted by Crippen LogP contribution is 2.32. The molecule has 1 rings (SSSR count). The van der Waals surface area contributed by atoms with Crippen LogP contribution in [0.3, 0.4) is 0 Å². The predicted octanol–water partition coefficient (Wildman–Crippen LogP) is 3.84. The molecule has 0 N–H and O–H groups in total. The molecule has 68 valence electrons. The van der Waals surface area contributed by atoms with Gasteiger partial charge in [-0.25, -0.2) is 0 Å². The summed E-state index contributed by atoms with van der Waals surface area (Å²) in [7, 11) is 0. The van der Waals surface area contributed by atoms with Crippen molar-refractivity contribution in [1.29, 1.82) is 5.26 Å². The highest BCUT2D eigenvalue weighted by Gasteiger charge is 2.17. The third-order valence-corrected chi connectivity index (χ3v) is 3.02. The molecule has 0 heterocycles. The van der Waals surface area contributed by atoms with Gasteiger partial charge in [-0.1, -0.05) is 22.0 Å². The summed E-state index contributed by atoms with van der Waals surface area (Å²) in [6.07, 6.45) is 0. The van der Waals surface area contributed by atoms with Gasteiger partial charge in [0, 0.05) is 9.37 Å². The second kappa shape index (κ2) is 4.17. The van der Waals surface area contributed by atoms with Gasteiger partial charge in [-0.15, -0.1) is 11.8 Å². The second-order valence-corrected chi connectivity index (χ2v) is 5.79. The van der Waals surface area contributed by atoms with E-state index in [9.17, 15) is 0 Å². The van der Waals surface area contributed by atoms with Crippen LogP contribution >= 0.6 is 27.7 Å². The van der Waals surface area contributed by atoms with Gasteiger partial charge in [-0.05, 0) is 32.0 Å². The zero-order valence-corrected chi connectivity index (χ0v) is 9.95. The van der Waals surface area contributed by atoms with E-state index in [2.05, 4.69) is 22.0 Å². The first-order valence-corrected chi connectivity index (χ1v) is 5.50. The van der Waals surface area contributed by atoms with E-state index in [-0.39, 0.29) is 4.75 Å². The van der Waals surface area contributed by atoms with Crippen molar-refractivity contribution < 1.29 is 0 Å². The summed E-state index contributed by atoms with van der Waals surface area (Å²) in [6, 6.07) is 10.2. The highest BCUT2D eigenvalue weighted by molar-refractivity contribution is 9.10. The van der Waals surface area contributed by atoms with Crippen LogP contribution in [-0.4, -0.2) is 4.75 Å². The van der Waals surface area contributed by atoms with Gasteiger partial charge in [-0.2, -0.15) is 5.26 Å². The van der Waals surface area contributed by atoms with Gasteiger partial charge >= 0.3 is 0 Å². The van der Waals surface area contributed by atoms with Crippen molar-refractivity contribution in [2.45, 2.75) is 23.5 Å². The quantitative estimate of drug-likeness (QED) is 0.750. The number of hydrogen-bond donors (Lipinski definition) is 0. The highest BCUT2D eigenvalue weighted by atomic mass is 79.9. The number of halogens is 1. The summed E-state index contributed by atoms with van der Waals surface area (Å²) in [5.74, 6) is 0. The Balaban J connectivity index is 2.82. The van der Waals surface area contributed by atoms with Crippen molar-refractivity contribution >= 4 is 27.7 Å². The number of hydrogen-bond acceptors (Lipinski definition) is 2. The van der Waals surface area contributed by atoms with Crippen molar-refractivity contribution in [3.8, 4) is 6.07 Å². The molecule has 0 bridgehead atoms. The first-order chi connectivity index (χ1) is 6.03. The molecule has 0 aliphatic rings. The second-order valence-electron chi connectivity index (χ2n) is 3.18. The summed E-state index contributed by atoms with van der Waals surface area (Å²) in [5, 5.41) is 8.84. The molecule has 0 amide bonds. The van der Waals surface area contributed by atoms with Crippen LogP contribution in [0.25, 0.3) is 0 Å². The number of rotatable bonds is 2. The Kier molecular flexibility index (Phi) is 3.40. The Bertz CT molecular complexity index is 341. The molecule has 0 atom stereocenters. The van der Waals surface area contributed by atoms with E-state index in [0.29, 0.717) is 0 Å². The molecule has 3 heteroatoms. The van der Waals surface area contributed by atoms with Crippen LogP contribution in [0.15, 0.2) is 33.6 Å². The molecule has 0 radical (unpaired) electrons. The zero-order valence-electron chi connectivity index (χ0n) is 7.54. The van der Waals surface area contributed by atoms with E-state index in [4.69, 9.17) is 5.26 Å². The average molecular weight is 256 g/mol. The minimum atomic E-state index is -0.360. The van der Waals surface area contributed by atoms with E-state index >= 15 is 0 Å². The summed E-state index contributed by atoms with van der Waals surface area (Å²) < 4.78 is 0.687. The van der Waals surface area contributed by atoms with Crippen LogP contribution in [0.5, 0.6) is 0 Å². The fourth-order valence-electron chi connectivity index (χ4n) is 0.848. The Morgan fingerprint density at radius 2 is 2.15 bits per heavy atom. The Labute approximate surface area is 91.3 Å². The van der Waals surface area contributed by atoms with Crippen molar-refractivity contribution in [3.63, 3.8) is 0 Å². The largest absolute Gasteiger partial charge is 0.197 e. The third-order valence-electron chi connectivity index (χ3n) is 1.44. The molecule has 0 saturated carbocycles. The molecule has 0 aliphatic carbocycles. The minimum Gasteiger partial charge on any atom is -0.197 e. The number of thioether (sulfide) groups is 1. The molecule has 0 spiro atoms. The molecule has 0 unspecified atom stereocenters. The molecule has 0 aliphatic heterocycles. The van der Waals surface area contributed by atoms with Crippen LogP contribution in [0.1, 0.15) is 13.8 Å². The van der Waals surface area contributed by atoms with Gasteiger partial charge in [0.2, 0.25) is 0 Å². The summed E-state index contributed by atoms with van der Waals surface area (Å²) in [6.45, 7) is 3.83. The van der Waals surface area contributed by atoms with E-state index < -0.39 is 0 Å². The molecule has 0 saturated heterocycles. The summed E-state index contributed by atoms with van der Waals surface area (Å²) in [5.41, 5.74) is 0. The number of benzene rings is 1. The molecule has 13 heavy (non-hydrogen) atoms. The fourth-order valence-corrected chi connectivity index (χ4v) is 2.37. The van der Waals surface area contributed by atoms with Gasteiger partial charge in [0.1, 0.15) is 4.75 Å². The molecule has 1 aromatic rings. The molecular weight excluding hydrogens is 246 g/mol. The maximum Gasteiger partial charge on any atom is 0.101 e. The first kappa shape index (κ1) is 10.6. The fraction of sp³-hybridized carbons (Fsp3) is 0.300. The van der Waals surface area contributed by atoms with Gasteiger partial charge in [0.05, 0.1) is 6.07 Å². The van der Waals surface area contributed by atoms with E-state index in [0.717, 1.165) is 9.37 Å². The average Bonchev–Trinajstić information content (AvgIpc) is 2.03. The number of nitriles is 1.